The van der Waals surface area contributed by atoms with Crippen LogP contribution >= 0.6 is 11.3 Å². The van der Waals surface area contributed by atoms with Crippen LogP contribution in [0.2, 0.25) is 0 Å². The SMILES string of the molecule is Nc1ccc([N+](=O)[O-])c(NCc2cncs2)n1. The Morgan fingerprint density at radius 2 is 2.35 bits per heavy atom. The molecule has 88 valence electrons. The highest BCUT2D eigenvalue weighted by Crippen LogP contribution is 2.23. The summed E-state index contributed by atoms with van der Waals surface area (Å²) in [7, 11) is 0. The van der Waals surface area contributed by atoms with Crippen LogP contribution in [0.5, 0.6) is 0 Å². The van der Waals surface area contributed by atoms with E-state index in [1.807, 2.05) is 0 Å². The molecule has 0 bridgehead atoms. The van der Waals surface area contributed by atoms with Crippen molar-refractivity contribution in [2.24, 2.45) is 0 Å². The number of nitrogens with two attached hydrogens (primary N) is 1. The Bertz CT molecular complexity index is 528. The summed E-state index contributed by atoms with van der Waals surface area (Å²) in [5.74, 6) is 0.408. The number of aromatic nitrogens is 2. The Morgan fingerprint density at radius 1 is 1.53 bits per heavy atom. The van der Waals surface area contributed by atoms with Crippen LogP contribution in [-0.2, 0) is 6.54 Å². The van der Waals surface area contributed by atoms with Crippen LogP contribution in [0.3, 0.4) is 0 Å². The summed E-state index contributed by atoms with van der Waals surface area (Å²) in [5.41, 5.74) is 7.09. The molecular weight excluding hydrogens is 242 g/mol. The minimum atomic E-state index is -0.499. The van der Waals surface area contributed by atoms with E-state index in [0.29, 0.717) is 6.54 Å². The Balaban J connectivity index is 2.19. The number of rotatable bonds is 4. The number of thiazole rings is 1. The molecule has 0 aliphatic heterocycles. The summed E-state index contributed by atoms with van der Waals surface area (Å²) in [6, 6.07) is 2.73. The highest BCUT2D eigenvalue weighted by atomic mass is 32.1. The molecule has 3 N–H and O–H groups in total. The smallest absolute Gasteiger partial charge is 0.311 e. The number of nitrogens with zero attached hydrogens (tertiary/aromatic N) is 3. The molecule has 8 heteroatoms. The fraction of sp³-hybridized carbons (Fsp3) is 0.111. The second-order valence-electron chi connectivity index (χ2n) is 3.18. The molecular formula is C9H9N5O2S. The normalized spacial score (nSPS) is 10.1. The number of nitro groups is 1. The zero-order valence-electron chi connectivity index (χ0n) is 8.66. The third-order valence-electron chi connectivity index (χ3n) is 2.01. The van der Waals surface area contributed by atoms with Gasteiger partial charge in [-0.1, -0.05) is 0 Å². The van der Waals surface area contributed by atoms with E-state index in [1.165, 1.54) is 23.5 Å². The van der Waals surface area contributed by atoms with Crippen LogP contribution in [0.15, 0.2) is 23.8 Å². The van der Waals surface area contributed by atoms with E-state index in [9.17, 15) is 10.1 Å². The molecule has 2 rings (SSSR count). The molecule has 2 aromatic heterocycles. The van der Waals surface area contributed by atoms with Crippen molar-refractivity contribution >= 4 is 28.7 Å². The standard InChI is InChI=1S/C9H9N5O2S/c10-8-2-1-7(14(15)16)9(13-8)12-4-6-3-11-5-17-6/h1-3,5H,4H2,(H3,10,12,13). The van der Waals surface area contributed by atoms with E-state index >= 15 is 0 Å². The number of nitrogen functional groups attached to an aromatic ring is 1. The molecule has 0 aliphatic carbocycles. The lowest BCUT2D eigenvalue weighted by Gasteiger charge is -2.05. The first-order chi connectivity index (χ1) is 8.16. The van der Waals surface area contributed by atoms with E-state index in [1.54, 1.807) is 11.7 Å². The largest absolute Gasteiger partial charge is 0.384 e. The molecule has 2 aromatic rings. The number of anilines is 2. The quantitative estimate of drug-likeness (QED) is 0.631. The molecule has 0 saturated heterocycles. The molecule has 0 spiro atoms. The minimum Gasteiger partial charge on any atom is -0.384 e. The average Bonchev–Trinajstić information content (AvgIpc) is 2.78. The third-order valence-corrected chi connectivity index (χ3v) is 2.79. The van der Waals surface area contributed by atoms with Crippen LogP contribution in [0.25, 0.3) is 0 Å². The first kappa shape index (κ1) is 11.3. The van der Waals surface area contributed by atoms with E-state index in [4.69, 9.17) is 5.73 Å². The minimum absolute atomic E-state index is 0.0938. The van der Waals surface area contributed by atoms with E-state index < -0.39 is 4.92 Å². The van der Waals surface area contributed by atoms with Gasteiger partial charge in [0.05, 0.1) is 17.0 Å². The van der Waals surface area contributed by atoms with Gasteiger partial charge in [0.1, 0.15) is 5.82 Å². The van der Waals surface area contributed by atoms with Crippen LogP contribution in [0, 0.1) is 10.1 Å². The van der Waals surface area contributed by atoms with Gasteiger partial charge in [-0.3, -0.25) is 15.1 Å². The fourth-order valence-electron chi connectivity index (χ4n) is 1.24. The van der Waals surface area contributed by atoms with E-state index in [2.05, 4.69) is 15.3 Å². The highest BCUT2D eigenvalue weighted by Gasteiger charge is 2.15. The average molecular weight is 251 g/mol. The highest BCUT2D eigenvalue weighted by molar-refractivity contribution is 7.09. The van der Waals surface area contributed by atoms with Gasteiger partial charge < -0.3 is 11.1 Å². The molecule has 0 saturated carbocycles. The molecule has 0 radical (unpaired) electrons. The summed E-state index contributed by atoms with van der Waals surface area (Å²) in [6.45, 7) is 0.432. The van der Waals surface area contributed by atoms with Gasteiger partial charge in [-0.15, -0.1) is 11.3 Å². The lowest BCUT2D eigenvalue weighted by atomic mass is 10.3. The molecule has 2 heterocycles. The topological polar surface area (TPSA) is 107 Å². The summed E-state index contributed by atoms with van der Waals surface area (Å²) < 4.78 is 0. The first-order valence-corrected chi connectivity index (χ1v) is 5.57. The summed E-state index contributed by atoms with van der Waals surface area (Å²) in [6.07, 6.45) is 1.69. The van der Waals surface area contributed by atoms with Crippen molar-refractivity contribution in [3.05, 3.63) is 38.8 Å². The first-order valence-electron chi connectivity index (χ1n) is 4.69. The zero-order valence-corrected chi connectivity index (χ0v) is 9.48. The Labute approximate surface area is 100 Å². The van der Waals surface area contributed by atoms with Crippen molar-refractivity contribution in [3.8, 4) is 0 Å². The van der Waals surface area contributed by atoms with Gasteiger partial charge >= 0.3 is 5.69 Å². The summed E-state index contributed by atoms with van der Waals surface area (Å²) in [5, 5.41) is 13.6. The molecule has 0 amide bonds. The monoisotopic (exact) mass is 251 g/mol. The maximum Gasteiger partial charge on any atom is 0.311 e. The van der Waals surface area contributed by atoms with Gasteiger partial charge in [0.15, 0.2) is 0 Å². The van der Waals surface area contributed by atoms with Crippen molar-refractivity contribution in [3.63, 3.8) is 0 Å². The number of pyridine rings is 1. The van der Waals surface area contributed by atoms with Gasteiger partial charge in [0.2, 0.25) is 5.82 Å². The van der Waals surface area contributed by atoms with E-state index in [-0.39, 0.29) is 17.3 Å². The van der Waals surface area contributed by atoms with Crippen molar-refractivity contribution < 1.29 is 4.92 Å². The van der Waals surface area contributed by atoms with Gasteiger partial charge in [0.25, 0.3) is 0 Å². The summed E-state index contributed by atoms with van der Waals surface area (Å²) in [4.78, 5) is 19.0. The number of hydrogen-bond acceptors (Lipinski definition) is 7. The Kier molecular flexibility index (Phi) is 3.15. The predicted octanol–water partition coefficient (Wildman–Crippen LogP) is 1.64. The third kappa shape index (κ3) is 2.67. The predicted molar refractivity (Wildman–Crippen MR) is 64.7 cm³/mol. The van der Waals surface area contributed by atoms with Crippen molar-refractivity contribution in [1.82, 2.24) is 9.97 Å². The molecule has 0 aliphatic rings. The lowest BCUT2D eigenvalue weighted by Crippen LogP contribution is -2.05. The van der Waals surface area contributed by atoms with E-state index in [0.717, 1.165) is 4.88 Å². The van der Waals surface area contributed by atoms with Gasteiger partial charge in [-0.05, 0) is 6.07 Å². The van der Waals surface area contributed by atoms with Gasteiger partial charge in [-0.25, -0.2) is 4.98 Å². The molecule has 7 nitrogen and oxygen atoms in total. The van der Waals surface area contributed by atoms with Crippen LogP contribution in [0.1, 0.15) is 4.88 Å². The molecule has 17 heavy (non-hydrogen) atoms. The zero-order chi connectivity index (χ0) is 12.3. The van der Waals surface area contributed by atoms with Gasteiger partial charge in [-0.2, -0.15) is 0 Å². The van der Waals surface area contributed by atoms with Crippen LogP contribution in [-0.4, -0.2) is 14.9 Å². The number of hydrogen-bond donors (Lipinski definition) is 2. The van der Waals surface area contributed by atoms with Crippen LogP contribution in [0.4, 0.5) is 17.3 Å². The Hall–Kier alpha value is -2.22. The Morgan fingerprint density at radius 3 is 3.00 bits per heavy atom. The van der Waals surface area contributed by atoms with Gasteiger partial charge in [0, 0.05) is 17.1 Å². The molecule has 0 unspecified atom stereocenters. The van der Waals surface area contributed by atoms with Crippen molar-refractivity contribution in [2.45, 2.75) is 6.54 Å². The molecule has 0 fully saturated rings. The summed E-state index contributed by atoms with van der Waals surface area (Å²) >= 11 is 1.46. The molecule has 0 atom stereocenters. The maximum atomic E-state index is 10.8. The number of nitrogens with one attached hydrogen (secondary N) is 1. The fourth-order valence-corrected chi connectivity index (χ4v) is 1.78. The van der Waals surface area contributed by atoms with Crippen molar-refractivity contribution in [2.75, 3.05) is 11.1 Å². The lowest BCUT2D eigenvalue weighted by molar-refractivity contribution is -0.384. The van der Waals surface area contributed by atoms with Crippen LogP contribution < -0.4 is 11.1 Å². The second-order valence-corrected chi connectivity index (χ2v) is 4.15. The second kappa shape index (κ2) is 4.74. The van der Waals surface area contributed by atoms with Crippen molar-refractivity contribution in [1.29, 1.82) is 0 Å². The maximum absolute atomic E-state index is 10.8. The molecule has 0 aromatic carbocycles.